The quantitative estimate of drug-likeness (QED) is 0.757. The number of carbonyl (C=O) groups is 1. The smallest absolute Gasteiger partial charge is 0.240 e. The molecule has 5 nitrogen and oxygen atoms in total. The molecule has 0 saturated carbocycles. The number of halogens is 1. The topological polar surface area (TPSA) is 66.5 Å². The van der Waals surface area contributed by atoms with Gasteiger partial charge < -0.3 is 4.90 Å². The lowest BCUT2D eigenvalue weighted by atomic mass is 10.3. The van der Waals surface area contributed by atoms with E-state index in [0.29, 0.717) is 6.54 Å². The number of amides is 1. The van der Waals surface area contributed by atoms with Crippen molar-refractivity contribution in [2.75, 3.05) is 20.1 Å². The number of hydrogen-bond acceptors (Lipinski definition) is 3. The van der Waals surface area contributed by atoms with Crippen LogP contribution in [0.4, 0.5) is 0 Å². The lowest BCUT2D eigenvalue weighted by Gasteiger charge is -2.16. The maximum Gasteiger partial charge on any atom is 0.240 e. The fourth-order valence-corrected chi connectivity index (χ4v) is 3.00. The SMILES string of the molecule is CCCCN(C)C(=O)CCNS(=O)(=O)c1ccc(Br)cc1. The van der Waals surface area contributed by atoms with Gasteiger partial charge in [0.1, 0.15) is 0 Å². The van der Waals surface area contributed by atoms with Crippen molar-refractivity contribution in [1.29, 1.82) is 0 Å². The third kappa shape index (κ3) is 6.15. The molecular formula is C14H21BrN2O3S. The van der Waals surface area contributed by atoms with Crippen LogP contribution in [0.2, 0.25) is 0 Å². The number of nitrogens with zero attached hydrogens (tertiary/aromatic N) is 1. The lowest BCUT2D eigenvalue weighted by Crippen LogP contribution is -2.32. The molecule has 1 N–H and O–H groups in total. The van der Waals surface area contributed by atoms with Gasteiger partial charge in [0.25, 0.3) is 0 Å². The molecule has 0 aliphatic carbocycles. The first-order chi connectivity index (χ1) is 9.86. The van der Waals surface area contributed by atoms with E-state index in [1.807, 2.05) is 0 Å². The van der Waals surface area contributed by atoms with Crippen molar-refractivity contribution in [2.45, 2.75) is 31.1 Å². The highest BCUT2D eigenvalue weighted by Crippen LogP contribution is 2.14. The molecule has 7 heteroatoms. The summed E-state index contributed by atoms with van der Waals surface area (Å²) in [5.41, 5.74) is 0. The predicted octanol–water partition coefficient (Wildman–Crippen LogP) is 2.38. The zero-order valence-electron chi connectivity index (χ0n) is 12.3. The van der Waals surface area contributed by atoms with Gasteiger partial charge in [0, 0.05) is 31.0 Å². The van der Waals surface area contributed by atoms with E-state index in [1.54, 1.807) is 24.1 Å². The summed E-state index contributed by atoms with van der Waals surface area (Å²) in [5, 5.41) is 0. The Bertz CT molecular complexity index is 558. The minimum Gasteiger partial charge on any atom is -0.346 e. The first-order valence-corrected chi connectivity index (χ1v) is 9.13. The van der Waals surface area contributed by atoms with Gasteiger partial charge >= 0.3 is 0 Å². The highest BCUT2D eigenvalue weighted by Gasteiger charge is 2.15. The van der Waals surface area contributed by atoms with E-state index in [4.69, 9.17) is 0 Å². The van der Waals surface area contributed by atoms with Crippen molar-refractivity contribution in [2.24, 2.45) is 0 Å². The van der Waals surface area contributed by atoms with Gasteiger partial charge in [-0.1, -0.05) is 29.3 Å². The van der Waals surface area contributed by atoms with Crippen LogP contribution in [0.5, 0.6) is 0 Å². The van der Waals surface area contributed by atoms with Crippen molar-refractivity contribution in [1.82, 2.24) is 9.62 Å². The monoisotopic (exact) mass is 376 g/mol. The van der Waals surface area contributed by atoms with E-state index in [-0.39, 0.29) is 23.8 Å². The largest absolute Gasteiger partial charge is 0.346 e. The number of rotatable bonds is 8. The molecule has 0 bridgehead atoms. The normalized spacial score (nSPS) is 11.4. The zero-order valence-corrected chi connectivity index (χ0v) is 14.7. The Hall–Kier alpha value is -0.920. The molecule has 0 spiro atoms. The molecule has 1 rings (SSSR count). The fraction of sp³-hybridized carbons (Fsp3) is 0.500. The Morgan fingerprint density at radius 2 is 1.90 bits per heavy atom. The van der Waals surface area contributed by atoms with E-state index in [0.717, 1.165) is 17.3 Å². The Morgan fingerprint density at radius 3 is 2.48 bits per heavy atom. The van der Waals surface area contributed by atoms with Gasteiger partial charge in [0.05, 0.1) is 4.90 Å². The van der Waals surface area contributed by atoms with Gasteiger partial charge in [-0.25, -0.2) is 13.1 Å². The van der Waals surface area contributed by atoms with E-state index >= 15 is 0 Å². The molecule has 1 amide bonds. The molecule has 118 valence electrons. The standard InChI is InChI=1S/C14H21BrN2O3S/c1-3-4-11-17(2)14(18)9-10-16-21(19,20)13-7-5-12(15)6-8-13/h5-8,16H,3-4,9-11H2,1-2H3. The van der Waals surface area contributed by atoms with E-state index in [9.17, 15) is 13.2 Å². The zero-order chi connectivity index (χ0) is 15.9. The molecule has 0 radical (unpaired) electrons. The average Bonchev–Trinajstić information content (AvgIpc) is 2.44. The Morgan fingerprint density at radius 1 is 1.29 bits per heavy atom. The van der Waals surface area contributed by atoms with Gasteiger partial charge in [0.15, 0.2) is 0 Å². The number of benzene rings is 1. The summed E-state index contributed by atoms with van der Waals surface area (Å²) < 4.78 is 27.3. The summed E-state index contributed by atoms with van der Waals surface area (Å²) in [5.74, 6) is -0.0537. The Balaban J connectivity index is 2.47. The van der Waals surface area contributed by atoms with Crippen LogP contribution in [0.1, 0.15) is 26.2 Å². The number of sulfonamides is 1. The minimum absolute atomic E-state index is 0.0537. The summed E-state index contributed by atoms with van der Waals surface area (Å²) in [6, 6.07) is 6.36. The maximum absolute atomic E-state index is 12.0. The van der Waals surface area contributed by atoms with Crippen LogP contribution < -0.4 is 4.72 Å². The summed E-state index contributed by atoms with van der Waals surface area (Å²) in [6.45, 7) is 2.87. The number of unbranched alkanes of at least 4 members (excludes halogenated alkanes) is 1. The first kappa shape index (κ1) is 18.1. The number of carbonyl (C=O) groups excluding carboxylic acids is 1. The molecule has 1 aromatic carbocycles. The van der Waals surface area contributed by atoms with Crippen molar-refractivity contribution in [3.05, 3.63) is 28.7 Å². The molecule has 0 unspecified atom stereocenters. The summed E-state index contributed by atoms with van der Waals surface area (Å²) in [6.07, 6.45) is 2.14. The molecule has 0 saturated heterocycles. The molecule has 1 aromatic rings. The second kappa shape index (κ2) is 8.51. The Labute approximate surface area is 134 Å². The molecule has 21 heavy (non-hydrogen) atoms. The second-order valence-corrected chi connectivity index (χ2v) is 7.45. The highest BCUT2D eigenvalue weighted by molar-refractivity contribution is 9.10. The van der Waals surface area contributed by atoms with E-state index in [1.165, 1.54) is 12.1 Å². The van der Waals surface area contributed by atoms with Gasteiger partial charge in [-0.2, -0.15) is 0 Å². The van der Waals surface area contributed by atoms with Crippen LogP contribution in [-0.4, -0.2) is 39.4 Å². The van der Waals surface area contributed by atoms with E-state index < -0.39 is 10.0 Å². The first-order valence-electron chi connectivity index (χ1n) is 6.86. The molecule has 0 aliphatic heterocycles. The maximum atomic E-state index is 12.0. The van der Waals surface area contributed by atoms with E-state index in [2.05, 4.69) is 27.6 Å². The molecule has 0 heterocycles. The number of hydrogen-bond donors (Lipinski definition) is 1. The van der Waals surface area contributed by atoms with Crippen LogP contribution >= 0.6 is 15.9 Å². The number of nitrogens with one attached hydrogen (secondary N) is 1. The summed E-state index contributed by atoms with van der Waals surface area (Å²) in [7, 11) is -1.82. The van der Waals surface area contributed by atoms with Gasteiger partial charge in [-0.15, -0.1) is 0 Å². The summed E-state index contributed by atoms with van der Waals surface area (Å²) >= 11 is 3.26. The van der Waals surface area contributed by atoms with Crippen LogP contribution in [0, 0.1) is 0 Å². The lowest BCUT2D eigenvalue weighted by molar-refractivity contribution is -0.129. The van der Waals surface area contributed by atoms with Crippen molar-refractivity contribution in [3.63, 3.8) is 0 Å². The van der Waals surface area contributed by atoms with Crippen molar-refractivity contribution in [3.8, 4) is 0 Å². The molecule has 0 aliphatic rings. The van der Waals surface area contributed by atoms with Gasteiger partial charge in [-0.05, 0) is 30.7 Å². The highest BCUT2D eigenvalue weighted by atomic mass is 79.9. The average molecular weight is 377 g/mol. The van der Waals surface area contributed by atoms with Crippen LogP contribution in [0.3, 0.4) is 0 Å². The van der Waals surface area contributed by atoms with Crippen LogP contribution in [0.15, 0.2) is 33.6 Å². The molecule has 0 fully saturated rings. The van der Waals surface area contributed by atoms with Gasteiger partial charge in [-0.3, -0.25) is 4.79 Å². The Kier molecular flexibility index (Phi) is 7.34. The van der Waals surface area contributed by atoms with Crippen molar-refractivity contribution >= 4 is 31.9 Å². The third-order valence-electron chi connectivity index (χ3n) is 3.03. The molecule has 0 aromatic heterocycles. The van der Waals surface area contributed by atoms with Crippen LogP contribution in [-0.2, 0) is 14.8 Å². The summed E-state index contributed by atoms with van der Waals surface area (Å²) in [4.78, 5) is 13.6. The van der Waals surface area contributed by atoms with Gasteiger partial charge in [0.2, 0.25) is 15.9 Å². The third-order valence-corrected chi connectivity index (χ3v) is 5.03. The van der Waals surface area contributed by atoms with Crippen LogP contribution in [0.25, 0.3) is 0 Å². The van der Waals surface area contributed by atoms with Crippen molar-refractivity contribution < 1.29 is 13.2 Å². The predicted molar refractivity (Wildman–Crippen MR) is 86.5 cm³/mol. The fourth-order valence-electron chi connectivity index (χ4n) is 1.70. The molecule has 0 atom stereocenters. The molecular weight excluding hydrogens is 356 g/mol. The second-order valence-electron chi connectivity index (χ2n) is 4.77. The minimum atomic E-state index is -3.56.